The lowest BCUT2D eigenvalue weighted by atomic mass is 10.1. The molecule has 1 aromatic heterocycles. The van der Waals surface area contributed by atoms with Crippen molar-refractivity contribution in [1.29, 1.82) is 0 Å². The zero-order chi connectivity index (χ0) is 18.7. The first-order valence-electron chi connectivity index (χ1n) is 7.76. The summed E-state index contributed by atoms with van der Waals surface area (Å²) in [5.74, 6) is -0.217. The van der Waals surface area contributed by atoms with Gasteiger partial charge in [0, 0.05) is 23.6 Å². The second kappa shape index (κ2) is 7.27. The van der Waals surface area contributed by atoms with Crippen LogP contribution in [-0.2, 0) is 14.8 Å². The molecular formula is C18H17N3O3S2. The summed E-state index contributed by atoms with van der Waals surface area (Å²) in [6, 6.07) is 13.8. The van der Waals surface area contributed by atoms with E-state index in [1.54, 1.807) is 0 Å². The summed E-state index contributed by atoms with van der Waals surface area (Å²) in [7, 11) is -3.75. The van der Waals surface area contributed by atoms with Crippen molar-refractivity contribution in [3.05, 3.63) is 59.5 Å². The number of nitrogens with one attached hydrogen (secondary N) is 2. The van der Waals surface area contributed by atoms with Crippen molar-refractivity contribution in [2.45, 2.75) is 18.7 Å². The van der Waals surface area contributed by atoms with E-state index in [9.17, 15) is 13.2 Å². The number of anilines is 2. The Morgan fingerprint density at radius 3 is 2.31 bits per heavy atom. The fourth-order valence-corrected chi connectivity index (χ4v) is 4.24. The first-order valence-corrected chi connectivity index (χ1v) is 10.1. The molecule has 3 rings (SSSR count). The number of amides is 1. The molecule has 6 nitrogen and oxygen atoms in total. The van der Waals surface area contributed by atoms with Crippen LogP contribution in [0.3, 0.4) is 0 Å². The molecule has 0 spiro atoms. The van der Waals surface area contributed by atoms with Crippen LogP contribution in [0.1, 0.15) is 12.5 Å². The van der Waals surface area contributed by atoms with Crippen LogP contribution >= 0.6 is 11.3 Å². The molecule has 1 amide bonds. The summed E-state index contributed by atoms with van der Waals surface area (Å²) in [4.78, 5) is 15.5. The summed E-state index contributed by atoms with van der Waals surface area (Å²) in [6.07, 6.45) is 0. The summed E-state index contributed by atoms with van der Waals surface area (Å²) in [5.41, 5.74) is 3.32. The van der Waals surface area contributed by atoms with Gasteiger partial charge in [0.2, 0.25) is 5.91 Å². The van der Waals surface area contributed by atoms with Gasteiger partial charge in [-0.1, -0.05) is 29.8 Å². The molecule has 1 heterocycles. The predicted molar refractivity (Wildman–Crippen MR) is 104 cm³/mol. The maximum atomic E-state index is 12.5. The summed E-state index contributed by atoms with van der Waals surface area (Å²) < 4.78 is 27.5. The van der Waals surface area contributed by atoms with E-state index >= 15 is 0 Å². The lowest BCUT2D eigenvalue weighted by Gasteiger charge is -2.07. The summed E-state index contributed by atoms with van der Waals surface area (Å²) >= 11 is 1.22. The second-order valence-electron chi connectivity index (χ2n) is 5.71. The quantitative estimate of drug-likeness (QED) is 0.695. The van der Waals surface area contributed by atoms with Crippen LogP contribution in [0.2, 0.25) is 0 Å². The number of carbonyl (C=O) groups excluding carboxylic acids is 1. The molecule has 134 valence electrons. The maximum Gasteiger partial charge on any atom is 0.263 e. The SMILES string of the molecule is CC(=O)Nc1ccc(S(=O)(=O)Nc2nc(-c3ccc(C)cc3)cs2)cc1. The van der Waals surface area contributed by atoms with Crippen molar-refractivity contribution in [2.24, 2.45) is 0 Å². The number of hydrogen-bond donors (Lipinski definition) is 2. The molecule has 0 bridgehead atoms. The van der Waals surface area contributed by atoms with Crippen molar-refractivity contribution >= 4 is 38.1 Å². The highest BCUT2D eigenvalue weighted by Crippen LogP contribution is 2.27. The molecule has 2 aromatic carbocycles. The van der Waals surface area contributed by atoms with Gasteiger partial charge < -0.3 is 5.32 Å². The third-order valence-corrected chi connectivity index (χ3v) is 5.80. The van der Waals surface area contributed by atoms with Gasteiger partial charge >= 0.3 is 0 Å². The van der Waals surface area contributed by atoms with Gasteiger partial charge in [-0.3, -0.25) is 9.52 Å². The molecule has 3 aromatic rings. The van der Waals surface area contributed by atoms with Crippen LogP contribution in [0.5, 0.6) is 0 Å². The van der Waals surface area contributed by atoms with Crippen molar-refractivity contribution in [1.82, 2.24) is 4.98 Å². The monoisotopic (exact) mass is 387 g/mol. The lowest BCUT2D eigenvalue weighted by molar-refractivity contribution is -0.114. The van der Waals surface area contributed by atoms with Gasteiger partial charge in [0.05, 0.1) is 10.6 Å². The van der Waals surface area contributed by atoms with Crippen LogP contribution in [0.4, 0.5) is 10.8 Å². The van der Waals surface area contributed by atoms with Crippen molar-refractivity contribution in [3.63, 3.8) is 0 Å². The summed E-state index contributed by atoms with van der Waals surface area (Å²) in [5, 5.41) is 4.70. The third kappa shape index (κ3) is 4.27. The Morgan fingerprint density at radius 1 is 1.04 bits per heavy atom. The predicted octanol–water partition coefficient (Wildman–Crippen LogP) is 3.88. The molecule has 0 aliphatic heterocycles. The average Bonchev–Trinajstić information content (AvgIpc) is 3.03. The molecule has 0 radical (unpaired) electrons. The van der Waals surface area contributed by atoms with Crippen molar-refractivity contribution < 1.29 is 13.2 Å². The van der Waals surface area contributed by atoms with E-state index in [0.29, 0.717) is 16.5 Å². The summed E-state index contributed by atoms with van der Waals surface area (Å²) in [6.45, 7) is 3.39. The molecule has 0 saturated carbocycles. The van der Waals surface area contributed by atoms with E-state index in [0.717, 1.165) is 11.1 Å². The number of hydrogen-bond acceptors (Lipinski definition) is 5. The van der Waals surface area contributed by atoms with Gasteiger partial charge in [-0.05, 0) is 31.2 Å². The van der Waals surface area contributed by atoms with Crippen LogP contribution in [0.25, 0.3) is 11.3 Å². The minimum atomic E-state index is -3.75. The minimum Gasteiger partial charge on any atom is -0.326 e. The largest absolute Gasteiger partial charge is 0.326 e. The van der Waals surface area contributed by atoms with Gasteiger partial charge in [0.15, 0.2) is 5.13 Å². The first-order chi connectivity index (χ1) is 12.3. The van der Waals surface area contributed by atoms with E-state index in [1.165, 1.54) is 42.5 Å². The van der Waals surface area contributed by atoms with Gasteiger partial charge in [-0.15, -0.1) is 11.3 Å². The van der Waals surface area contributed by atoms with Gasteiger partial charge in [-0.25, -0.2) is 13.4 Å². The number of rotatable bonds is 5. The van der Waals surface area contributed by atoms with E-state index in [2.05, 4.69) is 15.0 Å². The molecule has 2 N–H and O–H groups in total. The maximum absolute atomic E-state index is 12.5. The number of benzene rings is 2. The van der Waals surface area contributed by atoms with Crippen LogP contribution in [-0.4, -0.2) is 19.3 Å². The molecular weight excluding hydrogens is 370 g/mol. The van der Waals surface area contributed by atoms with E-state index in [4.69, 9.17) is 0 Å². The van der Waals surface area contributed by atoms with Crippen molar-refractivity contribution in [3.8, 4) is 11.3 Å². The zero-order valence-electron chi connectivity index (χ0n) is 14.2. The highest BCUT2D eigenvalue weighted by atomic mass is 32.2. The molecule has 0 aliphatic rings. The third-order valence-electron chi connectivity index (χ3n) is 3.56. The molecule has 26 heavy (non-hydrogen) atoms. The Balaban J connectivity index is 1.77. The Morgan fingerprint density at radius 2 is 1.69 bits per heavy atom. The Labute approximate surface area is 156 Å². The Hall–Kier alpha value is -2.71. The molecule has 0 fully saturated rings. The number of aryl methyl sites for hydroxylation is 1. The molecule has 8 heteroatoms. The van der Waals surface area contributed by atoms with Gasteiger partial charge in [-0.2, -0.15) is 0 Å². The van der Waals surface area contributed by atoms with E-state index in [-0.39, 0.29) is 10.8 Å². The number of carbonyl (C=O) groups is 1. The standard InChI is InChI=1S/C18H17N3O3S2/c1-12-3-5-14(6-4-12)17-11-25-18(20-17)21-26(23,24)16-9-7-15(8-10-16)19-13(2)22/h3-11H,1-2H3,(H,19,22)(H,20,21). The highest BCUT2D eigenvalue weighted by molar-refractivity contribution is 7.93. The van der Waals surface area contributed by atoms with Crippen LogP contribution in [0.15, 0.2) is 58.8 Å². The number of thiazole rings is 1. The molecule has 0 saturated heterocycles. The van der Waals surface area contributed by atoms with Gasteiger partial charge in [0.25, 0.3) is 10.0 Å². The normalized spacial score (nSPS) is 11.2. The van der Waals surface area contributed by atoms with E-state index < -0.39 is 10.0 Å². The highest BCUT2D eigenvalue weighted by Gasteiger charge is 2.16. The zero-order valence-corrected chi connectivity index (χ0v) is 15.8. The first kappa shape index (κ1) is 18.1. The fourth-order valence-electron chi connectivity index (χ4n) is 2.27. The Kier molecular flexibility index (Phi) is 5.06. The second-order valence-corrected chi connectivity index (χ2v) is 8.26. The smallest absolute Gasteiger partial charge is 0.263 e. The molecule has 0 atom stereocenters. The Bertz CT molecular complexity index is 1020. The molecule has 0 unspecified atom stereocenters. The fraction of sp³-hybridized carbons (Fsp3) is 0.111. The van der Waals surface area contributed by atoms with Crippen LogP contribution in [0, 0.1) is 6.92 Å². The average molecular weight is 387 g/mol. The van der Waals surface area contributed by atoms with Crippen molar-refractivity contribution in [2.75, 3.05) is 10.0 Å². The van der Waals surface area contributed by atoms with Crippen LogP contribution < -0.4 is 10.0 Å². The van der Waals surface area contributed by atoms with Gasteiger partial charge in [0.1, 0.15) is 0 Å². The lowest BCUT2D eigenvalue weighted by Crippen LogP contribution is -2.13. The number of nitrogens with zero attached hydrogens (tertiary/aromatic N) is 1. The number of aromatic nitrogens is 1. The topological polar surface area (TPSA) is 88.2 Å². The minimum absolute atomic E-state index is 0.0960. The number of sulfonamides is 1. The molecule has 0 aliphatic carbocycles. The van der Waals surface area contributed by atoms with E-state index in [1.807, 2.05) is 36.6 Å².